The molecule has 0 bridgehead atoms. The van der Waals surface area contributed by atoms with Crippen LogP contribution in [0.3, 0.4) is 0 Å². The minimum Gasteiger partial charge on any atom is -0.744 e. The minimum absolute atomic E-state index is 0. The Kier molecular flexibility index (Phi) is 22.4. The maximum atomic E-state index is 12.1. The largest absolute Gasteiger partial charge is 2.00 e. The molecular formula is C44H62CaO6S2. The van der Waals surface area contributed by atoms with Crippen LogP contribution in [0.4, 0.5) is 0 Å². The quantitative estimate of drug-likeness (QED) is 0.0445. The summed E-state index contributed by atoms with van der Waals surface area (Å²) < 4.78 is 72.8. The second kappa shape index (κ2) is 24.9. The van der Waals surface area contributed by atoms with E-state index in [1.165, 1.54) is 12.8 Å². The van der Waals surface area contributed by atoms with E-state index in [4.69, 9.17) is 0 Å². The monoisotopic (exact) mass is 790 g/mol. The fraction of sp³-hybridized carbons (Fsp3) is 0.545. The van der Waals surface area contributed by atoms with E-state index in [0.29, 0.717) is 34.7 Å². The standard InChI is InChI=1S/2C22H32O3S.Ca/c2*1-3-5-7-9-12-18-14-11-15-19-16-17-20(13-10-8-6-4-2)22(21(18)19)26(23,24)25;/h2*11,14-17H,3-10,12-13H2,1-2H3,(H,23,24,25);/q;;+2/p-2. The SMILES string of the molecule is CCCCCCc1ccc2cccc(CCCCCC)c2c1S(=O)(=O)[O-].CCCCCCc1ccc2cccc(CCCCCC)c2c1S(=O)(=O)[O-].[Ca+2]. The van der Waals surface area contributed by atoms with Gasteiger partial charge in [0, 0.05) is 10.8 Å². The summed E-state index contributed by atoms with van der Waals surface area (Å²) in [7, 11) is -9.02. The van der Waals surface area contributed by atoms with Gasteiger partial charge in [0.25, 0.3) is 0 Å². The summed E-state index contributed by atoms with van der Waals surface area (Å²) in [4.78, 5) is 0.0511. The Morgan fingerprint density at radius 2 is 0.698 bits per heavy atom. The van der Waals surface area contributed by atoms with E-state index in [-0.39, 0.29) is 47.5 Å². The van der Waals surface area contributed by atoms with E-state index in [9.17, 15) is 25.9 Å². The van der Waals surface area contributed by atoms with Crippen molar-refractivity contribution in [2.75, 3.05) is 0 Å². The third-order valence-corrected chi connectivity index (χ3v) is 12.0. The van der Waals surface area contributed by atoms with Gasteiger partial charge in [-0.05, 0) is 84.4 Å². The van der Waals surface area contributed by atoms with Crippen molar-refractivity contribution in [1.82, 2.24) is 0 Å². The first-order valence-corrected chi connectivity index (χ1v) is 22.8. The number of unbranched alkanes of at least 4 members (excludes halogenated alkanes) is 12. The van der Waals surface area contributed by atoms with E-state index < -0.39 is 20.2 Å². The van der Waals surface area contributed by atoms with Gasteiger partial charge in [-0.15, -0.1) is 0 Å². The van der Waals surface area contributed by atoms with E-state index in [0.717, 1.165) is 125 Å². The average Bonchev–Trinajstić information content (AvgIpc) is 3.11. The van der Waals surface area contributed by atoms with Crippen LogP contribution in [0.25, 0.3) is 21.5 Å². The van der Waals surface area contributed by atoms with Crippen molar-refractivity contribution >= 4 is 79.5 Å². The summed E-state index contributed by atoms with van der Waals surface area (Å²) in [6.07, 6.45) is 20.4. The first kappa shape index (κ1) is 47.6. The summed E-state index contributed by atoms with van der Waals surface area (Å²) in [6, 6.07) is 19.3. The molecule has 0 aliphatic heterocycles. The molecule has 4 aromatic carbocycles. The zero-order valence-electron chi connectivity index (χ0n) is 32.9. The Balaban J connectivity index is 0.000000360. The summed E-state index contributed by atoms with van der Waals surface area (Å²) in [5, 5.41) is 3.02. The number of fused-ring (bicyclic) bond motifs is 2. The van der Waals surface area contributed by atoms with Gasteiger partial charge in [-0.1, -0.05) is 165 Å². The smallest absolute Gasteiger partial charge is 0.744 e. The molecule has 4 aromatic rings. The van der Waals surface area contributed by atoms with Gasteiger partial charge >= 0.3 is 37.7 Å². The third-order valence-electron chi connectivity index (χ3n) is 10.0. The average molecular weight is 791 g/mol. The Bertz CT molecular complexity index is 1770. The second-order valence-corrected chi connectivity index (χ2v) is 16.9. The maximum absolute atomic E-state index is 12.1. The van der Waals surface area contributed by atoms with Gasteiger partial charge < -0.3 is 9.11 Å². The predicted octanol–water partition coefficient (Wildman–Crippen LogP) is 11.6. The molecule has 288 valence electrons. The number of hydrogen-bond acceptors (Lipinski definition) is 6. The predicted molar refractivity (Wildman–Crippen MR) is 221 cm³/mol. The molecule has 0 unspecified atom stereocenters. The zero-order chi connectivity index (χ0) is 38.0. The molecule has 0 saturated heterocycles. The third kappa shape index (κ3) is 15.2. The van der Waals surface area contributed by atoms with Crippen LogP contribution in [-0.4, -0.2) is 63.7 Å². The van der Waals surface area contributed by atoms with Crippen molar-refractivity contribution in [3.63, 3.8) is 0 Å². The topological polar surface area (TPSA) is 114 Å². The van der Waals surface area contributed by atoms with Crippen LogP contribution in [0.2, 0.25) is 0 Å². The molecule has 4 rings (SSSR count). The van der Waals surface area contributed by atoms with Crippen LogP contribution < -0.4 is 0 Å². The van der Waals surface area contributed by atoms with Gasteiger partial charge in [-0.3, -0.25) is 0 Å². The molecule has 0 aliphatic rings. The van der Waals surface area contributed by atoms with Gasteiger partial charge in [-0.25, -0.2) is 16.8 Å². The summed E-state index contributed by atoms with van der Waals surface area (Å²) >= 11 is 0. The van der Waals surface area contributed by atoms with Crippen LogP contribution in [-0.2, 0) is 45.9 Å². The fourth-order valence-corrected chi connectivity index (χ4v) is 9.26. The van der Waals surface area contributed by atoms with Gasteiger partial charge in [-0.2, -0.15) is 0 Å². The Hall–Kier alpha value is -1.52. The maximum Gasteiger partial charge on any atom is 2.00 e. The van der Waals surface area contributed by atoms with Gasteiger partial charge in [0.15, 0.2) is 0 Å². The summed E-state index contributed by atoms with van der Waals surface area (Å²) in [6.45, 7) is 8.64. The summed E-state index contributed by atoms with van der Waals surface area (Å²) in [5.41, 5.74) is 3.35. The van der Waals surface area contributed by atoms with E-state index in [2.05, 4.69) is 27.7 Å². The first-order chi connectivity index (χ1) is 25.0. The van der Waals surface area contributed by atoms with Crippen LogP contribution in [0, 0.1) is 0 Å². The summed E-state index contributed by atoms with van der Waals surface area (Å²) in [5.74, 6) is 0. The molecule has 0 amide bonds. The molecule has 0 radical (unpaired) electrons. The van der Waals surface area contributed by atoms with Gasteiger partial charge in [0.2, 0.25) is 0 Å². The normalized spacial score (nSPS) is 11.7. The number of aryl methyl sites for hydroxylation is 4. The molecule has 0 spiro atoms. The Morgan fingerprint density at radius 1 is 0.396 bits per heavy atom. The zero-order valence-corrected chi connectivity index (χ0v) is 36.7. The van der Waals surface area contributed by atoms with E-state index >= 15 is 0 Å². The number of benzene rings is 4. The molecule has 9 heteroatoms. The van der Waals surface area contributed by atoms with Gasteiger partial charge in [0.1, 0.15) is 20.2 Å². The molecule has 6 nitrogen and oxygen atoms in total. The number of rotatable bonds is 22. The molecule has 0 aromatic heterocycles. The molecule has 0 aliphatic carbocycles. The second-order valence-electron chi connectivity index (χ2n) is 14.3. The van der Waals surface area contributed by atoms with Gasteiger partial charge in [0.05, 0.1) is 9.79 Å². The molecule has 0 saturated carbocycles. The Labute approximate surface area is 351 Å². The molecule has 0 N–H and O–H groups in total. The van der Waals surface area contributed by atoms with Crippen molar-refractivity contribution in [1.29, 1.82) is 0 Å². The van der Waals surface area contributed by atoms with Crippen molar-refractivity contribution in [3.8, 4) is 0 Å². The van der Waals surface area contributed by atoms with Crippen LogP contribution in [0.5, 0.6) is 0 Å². The van der Waals surface area contributed by atoms with E-state index in [1.54, 1.807) is 0 Å². The van der Waals surface area contributed by atoms with Crippen LogP contribution in [0.15, 0.2) is 70.5 Å². The first-order valence-electron chi connectivity index (χ1n) is 20.0. The fourth-order valence-electron chi connectivity index (χ4n) is 7.28. The Morgan fingerprint density at radius 3 is 0.981 bits per heavy atom. The van der Waals surface area contributed by atoms with E-state index in [1.807, 2.05) is 60.7 Å². The molecular weight excluding hydrogens is 729 g/mol. The van der Waals surface area contributed by atoms with Crippen LogP contribution in [0.1, 0.15) is 153 Å². The molecule has 0 heterocycles. The number of hydrogen-bond donors (Lipinski definition) is 0. The van der Waals surface area contributed by atoms with Crippen molar-refractivity contribution in [3.05, 3.63) is 82.9 Å². The minimum atomic E-state index is -4.51. The van der Waals surface area contributed by atoms with Crippen LogP contribution >= 0.6 is 0 Å². The molecule has 53 heavy (non-hydrogen) atoms. The van der Waals surface area contributed by atoms with Crippen molar-refractivity contribution in [2.24, 2.45) is 0 Å². The molecule has 0 fully saturated rings. The molecule has 0 atom stereocenters. The van der Waals surface area contributed by atoms with Crippen molar-refractivity contribution in [2.45, 2.75) is 166 Å². The van der Waals surface area contributed by atoms with Crippen molar-refractivity contribution < 1.29 is 25.9 Å².